The van der Waals surface area contributed by atoms with Gasteiger partial charge in [-0.1, -0.05) is 0 Å². The molecule has 0 atom stereocenters. The smallest absolute Gasteiger partial charge is 0.271 e. The van der Waals surface area contributed by atoms with Gasteiger partial charge in [0.15, 0.2) is 16.5 Å². The van der Waals surface area contributed by atoms with E-state index in [4.69, 9.17) is 5.73 Å². The molecule has 3 aromatic rings. The molecule has 8 heteroatoms. The zero-order valence-electron chi connectivity index (χ0n) is 10.2. The maximum atomic E-state index is 11.5. The third kappa shape index (κ3) is 1.81. The molecule has 3 heterocycles. The van der Waals surface area contributed by atoms with E-state index in [-0.39, 0.29) is 5.91 Å². The Hall–Kier alpha value is -2.19. The van der Waals surface area contributed by atoms with Crippen LogP contribution in [0.1, 0.15) is 16.2 Å². The summed E-state index contributed by atoms with van der Waals surface area (Å²) in [4.78, 5) is 16.8. The molecule has 98 valence electrons. The Morgan fingerprint density at radius 1 is 1.53 bits per heavy atom. The molecule has 1 amide bonds. The van der Waals surface area contributed by atoms with Crippen LogP contribution in [0.3, 0.4) is 0 Å². The van der Waals surface area contributed by atoms with Crippen LogP contribution in [0.4, 0.5) is 0 Å². The quantitative estimate of drug-likeness (QED) is 0.724. The molecule has 0 aromatic carbocycles. The number of amides is 1. The number of hydrogen-bond acceptors (Lipinski definition) is 5. The molecular weight excluding hydrogens is 264 g/mol. The summed E-state index contributed by atoms with van der Waals surface area (Å²) in [5, 5.41) is 8.69. The minimum absolute atomic E-state index is 0.228. The third-order valence-electron chi connectivity index (χ3n) is 2.80. The summed E-state index contributed by atoms with van der Waals surface area (Å²) in [6, 6.07) is 1.65. The number of carbonyl (C=O) groups is 1. The molecule has 19 heavy (non-hydrogen) atoms. The second kappa shape index (κ2) is 4.48. The van der Waals surface area contributed by atoms with Gasteiger partial charge < -0.3 is 11.1 Å². The van der Waals surface area contributed by atoms with Gasteiger partial charge in [-0.2, -0.15) is 10.1 Å². The molecule has 3 N–H and O–H groups in total. The number of hydrogen-bond donors (Lipinski definition) is 2. The van der Waals surface area contributed by atoms with Crippen LogP contribution in [0.25, 0.3) is 10.8 Å². The first kappa shape index (κ1) is 11.9. The van der Waals surface area contributed by atoms with Crippen molar-refractivity contribution in [3.8, 4) is 5.82 Å². The fourth-order valence-electron chi connectivity index (χ4n) is 1.89. The highest BCUT2D eigenvalue weighted by Crippen LogP contribution is 2.19. The van der Waals surface area contributed by atoms with Crippen LogP contribution < -0.4 is 11.1 Å². The van der Waals surface area contributed by atoms with Crippen molar-refractivity contribution in [2.75, 3.05) is 7.05 Å². The number of aromatic nitrogens is 4. The van der Waals surface area contributed by atoms with Gasteiger partial charge in [-0.15, -0.1) is 11.3 Å². The molecule has 0 aliphatic heterocycles. The van der Waals surface area contributed by atoms with E-state index in [1.54, 1.807) is 24.0 Å². The number of imidazole rings is 1. The molecule has 0 radical (unpaired) electrons. The average Bonchev–Trinajstić information content (AvgIpc) is 3.11. The van der Waals surface area contributed by atoms with E-state index in [1.807, 2.05) is 16.0 Å². The van der Waals surface area contributed by atoms with Crippen molar-refractivity contribution in [3.63, 3.8) is 0 Å². The summed E-state index contributed by atoms with van der Waals surface area (Å²) < 4.78 is 3.51. The van der Waals surface area contributed by atoms with Gasteiger partial charge in [-0.3, -0.25) is 9.20 Å². The highest BCUT2D eigenvalue weighted by atomic mass is 32.1. The van der Waals surface area contributed by atoms with E-state index >= 15 is 0 Å². The molecule has 0 aliphatic rings. The Balaban J connectivity index is 2.10. The maximum Gasteiger partial charge on any atom is 0.271 e. The summed E-state index contributed by atoms with van der Waals surface area (Å²) in [6.45, 7) is 0.350. The third-order valence-corrected chi connectivity index (χ3v) is 3.56. The predicted molar refractivity (Wildman–Crippen MR) is 71.5 cm³/mol. The molecule has 0 saturated carbocycles. The molecule has 0 aliphatic carbocycles. The second-order valence-corrected chi connectivity index (χ2v) is 4.74. The van der Waals surface area contributed by atoms with Crippen LogP contribution in [0.15, 0.2) is 23.8 Å². The van der Waals surface area contributed by atoms with Gasteiger partial charge in [0.05, 0.1) is 5.69 Å². The normalized spacial score (nSPS) is 11.1. The number of nitrogens with two attached hydrogens (primary N) is 1. The summed E-state index contributed by atoms with van der Waals surface area (Å²) in [5.74, 6) is 0.429. The van der Waals surface area contributed by atoms with Crippen LogP contribution in [0.2, 0.25) is 0 Å². The largest absolute Gasteiger partial charge is 0.354 e. The predicted octanol–water partition coefficient (Wildman–Crippen LogP) is 0.400. The van der Waals surface area contributed by atoms with Gasteiger partial charge in [-0.25, -0.2) is 4.68 Å². The molecule has 0 fully saturated rings. The zero-order valence-corrected chi connectivity index (χ0v) is 11.0. The summed E-state index contributed by atoms with van der Waals surface area (Å²) in [6.07, 6.45) is 3.62. The SMILES string of the molecule is CNC(=O)c1ccn(-c2nc3sccn3c2CN)n1. The average molecular weight is 276 g/mol. The molecule has 3 rings (SSSR count). The van der Waals surface area contributed by atoms with Crippen molar-refractivity contribution >= 4 is 22.2 Å². The lowest BCUT2D eigenvalue weighted by Crippen LogP contribution is -2.18. The first-order valence-corrected chi connectivity index (χ1v) is 6.55. The Morgan fingerprint density at radius 2 is 2.37 bits per heavy atom. The molecule has 7 nitrogen and oxygen atoms in total. The van der Waals surface area contributed by atoms with Gasteiger partial charge >= 0.3 is 0 Å². The van der Waals surface area contributed by atoms with Crippen molar-refractivity contribution < 1.29 is 4.79 Å². The number of nitrogens with zero attached hydrogens (tertiary/aromatic N) is 4. The molecule has 0 saturated heterocycles. The fraction of sp³-hybridized carbons (Fsp3) is 0.182. The lowest BCUT2D eigenvalue weighted by atomic mass is 10.4. The van der Waals surface area contributed by atoms with Crippen molar-refractivity contribution in [2.45, 2.75) is 6.54 Å². The zero-order chi connectivity index (χ0) is 13.4. The number of rotatable bonds is 3. The van der Waals surface area contributed by atoms with Gasteiger partial charge in [-0.05, 0) is 6.07 Å². The number of nitrogens with one attached hydrogen (secondary N) is 1. The molecule has 0 unspecified atom stereocenters. The van der Waals surface area contributed by atoms with Gasteiger partial charge in [0.25, 0.3) is 5.91 Å². The van der Waals surface area contributed by atoms with E-state index in [1.165, 1.54) is 11.3 Å². The van der Waals surface area contributed by atoms with Gasteiger partial charge in [0.1, 0.15) is 0 Å². The van der Waals surface area contributed by atoms with Gasteiger partial charge in [0.2, 0.25) is 0 Å². The Morgan fingerprint density at radius 3 is 3.11 bits per heavy atom. The van der Waals surface area contributed by atoms with Crippen molar-refractivity contribution in [1.82, 2.24) is 24.5 Å². The first-order chi connectivity index (χ1) is 9.24. The minimum Gasteiger partial charge on any atom is -0.354 e. The molecule has 0 bridgehead atoms. The van der Waals surface area contributed by atoms with Crippen LogP contribution in [-0.2, 0) is 6.54 Å². The number of thiazole rings is 1. The standard InChI is InChI=1S/C11H12N6OS/c1-13-10(18)7-2-3-17(15-7)9-8(6-12)16-4-5-19-11(16)14-9/h2-5H,6,12H2,1H3,(H,13,18). The first-order valence-electron chi connectivity index (χ1n) is 5.67. The van der Waals surface area contributed by atoms with Crippen LogP contribution in [-0.4, -0.2) is 32.1 Å². The lowest BCUT2D eigenvalue weighted by molar-refractivity contribution is 0.0957. The number of fused-ring (bicyclic) bond motifs is 1. The Bertz CT molecular complexity index is 739. The van der Waals surface area contributed by atoms with E-state index < -0.39 is 0 Å². The van der Waals surface area contributed by atoms with Crippen molar-refractivity contribution in [1.29, 1.82) is 0 Å². The summed E-state index contributed by atoms with van der Waals surface area (Å²) in [7, 11) is 1.57. The fourth-order valence-corrected chi connectivity index (χ4v) is 2.61. The van der Waals surface area contributed by atoms with E-state index in [9.17, 15) is 4.79 Å². The van der Waals surface area contributed by atoms with Crippen LogP contribution in [0, 0.1) is 0 Å². The Labute approximate surface area is 112 Å². The second-order valence-electron chi connectivity index (χ2n) is 3.87. The van der Waals surface area contributed by atoms with Gasteiger partial charge in [0, 0.05) is 31.4 Å². The molecule has 0 spiro atoms. The van der Waals surface area contributed by atoms with E-state index in [2.05, 4.69) is 15.4 Å². The maximum absolute atomic E-state index is 11.5. The molecular formula is C11H12N6OS. The monoisotopic (exact) mass is 276 g/mol. The van der Waals surface area contributed by atoms with E-state index in [0.717, 1.165) is 10.7 Å². The van der Waals surface area contributed by atoms with E-state index in [0.29, 0.717) is 18.1 Å². The Kier molecular flexibility index (Phi) is 2.80. The number of carbonyl (C=O) groups excluding carboxylic acids is 1. The van der Waals surface area contributed by atoms with Crippen LogP contribution in [0.5, 0.6) is 0 Å². The summed E-state index contributed by atoms with van der Waals surface area (Å²) in [5.41, 5.74) is 6.99. The highest BCUT2D eigenvalue weighted by molar-refractivity contribution is 7.15. The summed E-state index contributed by atoms with van der Waals surface area (Å²) >= 11 is 1.53. The lowest BCUT2D eigenvalue weighted by Gasteiger charge is -2.00. The topological polar surface area (TPSA) is 90.2 Å². The van der Waals surface area contributed by atoms with Crippen molar-refractivity contribution in [2.24, 2.45) is 5.73 Å². The minimum atomic E-state index is -0.228. The highest BCUT2D eigenvalue weighted by Gasteiger charge is 2.15. The van der Waals surface area contributed by atoms with Crippen molar-refractivity contribution in [3.05, 3.63) is 35.2 Å². The molecule has 3 aromatic heterocycles. The van der Waals surface area contributed by atoms with Crippen LogP contribution >= 0.6 is 11.3 Å².